The van der Waals surface area contributed by atoms with E-state index in [1.54, 1.807) is 0 Å². The first-order valence-electron chi connectivity index (χ1n) is 2.35. The Hall–Kier alpha value is -0.620. The van der Waals surface area contributed by atoms with Gasteiger partial charge in [-0.2, -0.15) is 22.0 Å². The lowest BCUT2D eigenvalue weighted by molar-refractivity contribution is 0.103. The Morgan fingerprint density at radius 2 is 2.50 bits per heavy atom. The van der Waals surface area contributed by atoms with Gasteiger partial charge in [-0.3, -0.25) is 4.79 Å². The highest BCUT2D eigenvalue weighted by Gasteiger charge is 2.08. The molecular weight excluding hydrogens is 170 g/mol. The third-order valence-corrected chi connectivity index (χ3v) is 1.56. The van der Waals surface area contributed by atoms with Gasteiger partial charge in [0.2, 0.25) is 11.6 Å². The fourth-order valence-electron chi connectivity index (χ4n) is 0.393. The monoisotopic (exact) mass is 174 g/mol. The number of rotatable bonds is 2. The van der Waals surface area contributed by atoms with Crippen LogP contribution in [-0.2, 0) is 0 Å². The number of aromatic nitrogens is 2. The zero-order valence-corrected chi connectivity index (χ0v) is 6.52. The molecule has 0 spiro atoms. The van der Waals surface area contributed by atoms with Crippen molar-refractivity contribution in [2.24, 2.45) is 0 Å². The van der Waals surface area contributed by atoms with Crippen LogP contribution >= 0.6 is 24.2 Å². The van der Waals surface area contributed by atoms with Crippen LogP contribution in [0.2, 0.25) is 0 Å². The summed E-state index contributed by atoms with van der Waals surface area (Å²) in [7, 11) is 0. The molecule has 2 N–H and O–H groups in total. The van der Waals surface area contributed by atoms with Crippen molar-refractivity contribution in [3.05, 3.63) is 11.6 Å². The second-order valence-corrected chi connectivity index (χ2v) is 2.49. The van der Waals surface area contributed by atoms with Crippen LogP contribution in [0.3, 0.4) is 0 Å². The minimum atomic E-state index is -0.323. The SMILES string of the molecule is Nc1nc(C(=O)[CH]S)ns1. The van der Waals surface area contributed by atoms with Crippen molar-refractivity contribution in [3.63, 3.8) is 0 Å². The number of anilines is 1. The highest BCUT2D eigenvalue weighted by molar-refractivity contribution is 7.83. The van der Waals surface area contributed by atoms with Crippen LogP contribution < -0.4 is 5.73 Å². The van der Waals surface area contributed by atoms with E-state index in [-0.39, 0.29) is 11.6 Å². The number of nitrogen functional groups attached to an aromatic ring is 1. The first-order chi connectivity index (χ1) is 4.74. The summed E-state index contributed by atoms with van der Waals surface area (Å²) in [4.78, 5) is 14.4. The molecule has 0 amide bonds. The quantitative estimate of drug-likeness (QED) is 0.503. The molecule has 4 nitrogen and oxygen atoms in total. The van der Waals surface area contributed by atoms with Crippen LogP contribution in [0.25, 0.3) is 0 Å². The molecule has 1 heterocycles. The highest BCUT2D eigenvalue weighted by Crippen LogP contribution is 2.07. The van der Waals surface area contributed by atoms with E-state index in [1.165, 1.54) is 0 Å². The number of hydrogen-bond donors (Lipinski definition) is 2. The molecule has 1 radical (unpaired) electrons. The van der Waals surface area contributed by atoms with E-state index in [4.69, 9.17) is 5.73 Å². The summed E-state index contributed by atoms with van der Waals surface area (Å²) in [5, 5.41) is 0.290. The Morgan fingerprint density at radius 3 is 2.90 bits per heavy atom. The predicted octanol–water partition coefficient (Wildman–Crippen LogP) is 0.395. The molecule has 6 heteroatoms. The highest BCUT2D eigenvalue weighted by atomic mass is 32.1. The second-order valence-electron chi connectivity index (χ2n) is 1.45. The van der Waals surface area contributed by atoms with Crippen molar-refractivity contribution in [1.82, 2.24) is 9.36 Å². The van der Waals surface area contributed by atoms with Crippen LogP contribution in [0.5, 0.6) is 0 Å². The largest absolute Gasteiger partial charge is 0.374 e. The number of ketones is 1. The molecule has 0 atom stereocenters. The maximum absolute atomic E-state index is 10.7. The summed E-state index contributed by atoms with van der Waals surface area (Å²) >= 11 is 4.64. The van der Waals surface area contributed by atoms with Gasteiger partial charge in [-0.25, -0.2) is 0 Å². The van der Waals surface area contributed by atoms with E-state index >= 15 is 0 Å². The van der Waals surface area contributed by atoms with Crippen LogP contribution in [0.4, 0.5) is 5.13 Å². The summed E-state index contributed by atoms with van der Waals surface area (Å²) in [5.74, 6) is 0.885. The third-order valence-electron chi connectivity index (χ3n) is 0.779. The molecule has 1 rings (SSSR count). The minimum absolute atomic E-state index is 0.109. The molecule has 53 valence electrons. The minimum Gasteiger partial charge on any atom is -0.374 e. The van der Waals surface area contributed by atoms with Crippen molar-refractivity contribution in [1.29, 1.82) is 0 Å². The zero-order valence-electron chi connectivity index (χ0n) is 4.81. The van der Waals surface area contributed by atoms with Gasteiger partial charge >= 0.3 is 0 Å². The van der Waals surface area contributed by atoms with Crippen molar-refractivity contribution in [2.75, 3.05) is 5.73 Å². The lowest BCUT2D eigenvalue weighted by Gasteiger charge is -1.83. The van der Waals surface area contributed by atoms with E-state index in [1.807, 2.05) is 0 Å². The Balaban J connectivity index is 2.85. The van der Waals surface area contributed by atoms with Gasteiger partial charge in [0, 0.05) is 11.5 Å². The Kier molecular flexibility index (Phi) is 2.23. The average Bonchev–Trinajstić information content (AvgIpc) is 2.34. The van der Waals surface area contributed by atoms with E-state index in [0.29, 0.717) is 5.13 Å². The zero-order chi connectivity index (χ0) is 7.56. The summed E-state index contributed by atoms with van der Waals surface area (Å²) in [6.45, 7) is 0. The molecule has 0 aliphatic heterocycles. The molecule has 0 saturated heterocycles. The lowest BCUT2D eigenvalue weighted by atomic mass is 10.4. The summed E-state index contributed by atoms with van der Waals surface area (Å²) < 4.78 is 3.66. The molecule has 0 saturated carbocycles. The lowest BCUT2D eigenvalue weighted by Crippen LogP contribution is -1.98. The standard InChI is InChI=1S/C4H4N3OS2/c5-4-6-3(7-10-4)2(8)1-9/h1,9H,(H2,5,6,7). The molecule has 0 fully saturated rings. The van der Waals surface area contributed by atoms with E-state index in [9.17, 15) is 4.79 Å². The van der Waals surface area contributed by atoms with Crippen molar-refractivity contribution < 1.29 is 4.79 Å². The first kappa shape index (κ1) is 7.49. The molecule has 0 aliphatic carbocycles. The van der Waals surface area contributed by atoms with E-state index < -0.39 is 0 Å². The van der Waals surface area contributed by atoms with Gasteiger partial charge < -0.3 is 5.73 Å². The molecule has 0 unspecified atom stereocenters. The molecule has 0 bridgehead atoms. The first-order valence-corrected chi connectivity index (χ1v) is 3.64. The molecule has 10 heavy (non-hydrogen) atoms. The average molecular weight is 174 g/mol. The fraction of sp³-hybridized carbons (Fsp3) is 0. The fourth-order valence-corrected chi connectivity index (χ4v) is 0.947. The third kappa shape index (κ3) is 1.45. The van der Waals surface area contributed by atoms with Crippen molar-refractivity contribution >= 4 is 35.1 Å². The summed E-state index contributed by atoms with van der Waals surface area (Å²) in [6.07, 6.45) is 0. The topological polar surface area (TPSA) is 68.9 Å². The van der Waals surface area contributed by atoms with Gasteiger partial charge in [-0.05, 0) is 0 Å². The molecule has 0 aromatic carbocycles. The van der Waals surface area contributed by atoms with Gasteiger partial charge in [-0.1, -0.05) is 0 Å². The van der Waals surface area contributed by atoms with E-state index in [2.05, 4.69) is 22.0 Å². The predicted molar refractivity (Wildman–Crippen MR) is 41.9 cm³/mol. The van der Waals surface area contributed by atoms with E-state index in [0.717, 1.165) is 17.3 Å². The number of nitrogens with zero attached hydrogens (tertiary/aromatic N) is 2. The smallest absolute Gasteiger partial charge is 0.215 e. The number of Topliss-reactive ketones (excluding diaryl/α,β-unsaturated/α-hetero) is 1. The maximum atomic E-state index is 10.7. The number of carbonyl (C=O) groups excluding carboxylic acids is 1. The number of hydrogen-bond acceptors (Lipinski definition) is 6. The normalized spacial score (nSPS) is 9.70. The molecular formula is C4H4N3OS2. The summed E-state index contributed by atoms with van der Waals surface area (Å²) in [6, 6.07) is 0. The second kappa shape index (κ2) is 2.98. The molecule has 0 aliphatic rings. The van der Waals surface area contributed by atoms with Crippen LogP contribution in [-0.4, -0.2) is 15.1 Å². The van der Waals surface area contributed by atoms with Gasteiger partial charge in [0.1, 0.15) is 0 Å². The van der Waals surface area contributed by atoms with Gasteiger partial charge in [0.25, 0.3) is 0 Å². The van der Waals surface area contributed by atoms with Crippen LogP contribution in [0, 0.1) is 5.75 Å². The maximum Gasteiger partial charge on any atom is 0.215 e. The Labute approximate surface area is 67.0 Å². The van der Waals surface area contributed by atoms with Crippen molar-refractivity contribution in [2.45, 2.75) is 0 Å². The van der Waals surface area contributed by atoms with Gasteiger partial charge in [0.05, 0.1) is 5.75 Å². The summed E-state index contributed by atoms with van der Waals surface area (Å²) in [5.41, 5.74) is 5.22. The molecule has 1 aromatic heterocycles. The number of nitrogens with two attached hydrogens (primary N) is 1. The van der Waals surface area contributed by atoms with Gasteiger partial charge in [0.15, 0.2) is 5.13 Å². The Morgan fingerprint density at radius 1 is 1.80 bits per heavy atom. The number of carbonyl (C=O) groups is 1. The van der Waals surface area contributed by atoms with Gasteiger partial charge in [-0.15, -0.1) is 0 Å². The number of thiol groups is 1. The molecule has 1 aromatic rings. The Bertz CT molecular complexity index is 246. The van der Waals surface area contributed by atoms with Crippen LogP contribution in [0.15, 0.2) is 0 Å². The van der Waals surface area contributed by atoms with Crippen molar-refractivity contribution in [3.8, 4) is 0 Å². The van der Waals surface area contributed by atoms with Crippen LogP contribution in [0.1, 0.15) is 10.6 Å².